The number of carbonyl (C=O) groups is 2. The average molecular weight is 380 g/mol. The molecule has 3 rings (SSSR count). The number of aliphatic hydroxyl groups excluding tert-OH is 2. The maximum absolute atomic E-state index is 12.4. The second-order valence-corrected chi connectivity index (χ2v) is 8.01. The minimum absolute atomic E-state index is 0.187. The standard InChI is InChI=1S/C20H28O7/c1-5-10(2)18(23)26-15-8-20(4)16(27-20)7-13(22)12(9-21)6-14-17(15)11(3)19(24)25-14/h5,12-17,21-22H,3,6-9H2,1-2,4H3/b10-5-/t12-,13-,14+,15+,16+,17-,20+/m1/s1. The molecule has 2 aliphatic heterocycles. The van der Waals surface area contributed by atoms with Crippen LogP contribution in [0.4, 0.5) is 0 Å². The van der Waals surface area contributed by atoms with Crippen LogP contribution in [-0.4, -0.2) is 58.8 Å². The fourth-order valence-corrected chi connectivity index (χ4v) is 4.13. The van der Waals surface area contributed by atoms with Gasteiger partial charge in [0.1, 0.15) is 12.2 Å². The maximum Gasteiger partial charge on any atom is 0.334 e. The fraction of sp³-hybridized carbons (Fsp3) is 0.700. The third kappa shape index (κ3) is 3.81. The Morgan fingerprint density at radius 1 is 1.44 bits per heavy atom. The first-order valence-corrected chi connectivity index (χ1v) is 9.40. The molecule has 0 unspecified atom stereocenters. The smallest absolute Gasteiger partial charge is 0.334 e. The van der Waals surface area contributed by atoms with Gasteiger partial charge in [0.2, 0.25) is 0 Å². The van der Waals surface area contributed by atoms with Crippen molar-refractivity contribution in [3.63, 3.8) is 0 Å². The van der Waals surface area contributed by atoms with Crippen molar-refractivity contribution in [3.05, 3.63) is 23.8 Å². The van der Waals surface area contributed by atoms with Gasteiger partial charge in [-0.25, -0.2) is 9.59 Å². The molecule has 1 aliphatic carbocycles. The van der Waals surface area contributed by atoms with Gasteiger partial charge in [0.15, 0.2) is 0 Å². The lowest BCUT2D eigenvalue weighted by Gasteiger charge is -2.32. The van der Waals surface area contributed by atoms with E-state index in [1.54, 1.807) is 19.9 Å². The molecule has 2 N–H and O–H groups in total. The lowest BCUT2D eigenvalue weighted by atomic mass is 9.78. The molecule has 0 spiro atoms. The Kier molecular flexibility index (Phi) is 5.47. The molecule has 0 aromatic rings. The van der Waals surface area contributed by atoms with Crippen LogP contribution in [0.3, 0.4) is 0 Å². The average Bonchev–Trinajstić information content (AvgIpc) is 3.15. The third-order valence-electron chi connectivity index (χ3n) is 6.15. The molecular weight excluding hydrogens is 352 g/mol. The van der Waals surface area contributed by atoms with Crippen LogP contribution >= 0.6 is 0 Å². The fourth-order valence-electron chi connectivity index (χ4n) is 4.13. The highest BCUT2D eigenvalue weighted by molar-refractivity contribution is 5.91. The van der Waals surface area contributed by atoms with Gasteiger partial charge in [0.25, 0.3) is 0 Å². The Morgan fingerprint density at radius 2 is 2.15 bits per heavy atom. The molecule has 2 heterocycles. The van der Waals surface area contributed by atoms with Crippen LogP contribution in [-0.2, 0) is 23.8 Å². The molecule has 7 heteroatoms. The zero-order chi connectivity index (χ0) is 19.9. The van der Waals surface area contributed by atoms with E-state index in [9.17, 15) is 19.8 Å². The predicted octanol–water partition coefficient (Wildman–Crippen LogP) is 1.27. The molecule has 2 saturated heterocycles. The van der Waals surface area contributed by atoms with Crippen molar-refractivity contribution in [2.75, 3.05) is 6.61 Å². The van der Waals surface area contributed by atoms with E-state index in [1.807, 2.05) is 6.92 Å². The maximum atomic E-state index is 12.4. The Balaban J connectivity index is 1.93. The second kappa shape index (κ2) is 7.37. The molecule has 7 nitrogen and oxygen atoms in total. The summed E-state index contributed by atoms with van der Waals surface area (Å²) in [6, 6.07) is 0. The van der Waals surface area contributed by atoms with E-state index < -0.39 is 47.7 Å². The molecule has 0 aromatic carbocycles. The van der Waals surface area contributed by atoms with Crippen molar-refractivity contribution < 1.29 is 34.0 Å². The van der Waals surface area contributed by atoms with Gasteiger partial charge in [-0.15, -0.1) is 0 Å². The number of epoxide rings is 1. The van der Waals surface area contributed by atoms with Gasteiger partial charge in [0, 0.05) is 36.5 Å². The number of ether oxygens (including phenoxy) is 3. The molecule has 0 bridgehead atoms. The van der Waals surface area contributed by atoms with Crippen molar-refractivity contribution in [2.45, 2.75) is 70.1 Å². The van der Waals surface area contributed by atoms with Gasteiger partial charge in [-0.2, -0.15) is 0 Å². The Morgan fingerprint density at radius 3 is 2.78 bits per heavy atom. The molecule has 7 atom stereocenters. The van der Waals surface area contributed by atoms with Crippen LogP contribution in [0, 0.1) is 11.8 Å². The SMILES string of the molecule is C=C1C(=O)O[C@H]2C[C@H](CO)[C@H](O)C[C@@H]3O[C@@]3(C)C[C@H](OC(=O)/C(C)=C\C)[C@H]12. The van der Waals surface area contributed by atoms with Gasteiger partial charge in [-0.3, -0.25) is 0 Å². The number of hydrogen-bond donors (Lipinski definition) is 2. The van der Waals surface area contributed by atoms with E-state index in [-0.39, 0.29) is 24.7 Å². The van der Waals surface area contributed by atoms with Gasteiger partial charge in [-0.05, 0) is 27.2 Å². The van der Waals surface area contributed by atoms with Gasteiger partial charge in [0.05, 0.1) is 23.7 Å². The monoisotopic (exact) mass is 380 g/mol. The number of fused-ring (bicyclic) bond motifs is 2. The van der Waals surface area contributed by atoms with Gasteiger partial charge < -0.3 is 24.4 Å². The summed E-state index contributed by atoms with van der Waals surface area (Å²) in [4.78, 5) is 24.6. The molecule has 0 radical (unpaired) electrons. The number of esters is 2. The summed E-state index contributed by atoms with van der Waals surface area (Å²) in [7, 11) is 0. The van der Waals surface area contributed by atoms with E-state index >= 15 is 0 Å². The minimum Gasteiger partial charge on any atom is -0.458 e. The predicted molar refractivity (Wildman–Crippen MR) is 95.5 cm³/mol. The van der Waals surface area contributed by atoms with Crippen molar-refractivity contribution in [3.8, 4) is 0 Å². The molecular formula is C20H28O7. The van der Waals surface area contributed by atoms with E-state index in [0.717, 1.165) is 0 Å². The van der Waals surface area contributed by atoms with Crippen LogP contribution in [0.5, 0.6) is 0 Å². The molecule has 3 fully saturated rings. The number of rotatable bonds is 3. The van der Waals surface area contributed by atoms with E-state index in [1.165, 1.54) is 0 Å². The zero-order valence-electron chi connectivity index (χ0n) is 16.0. The first kappa shape index (κ1) is 20.0. The van der Waals surface area contributed by atoms with E-state index in [4.69, 9.17) is 14.2 Å². The number of hydrogen-bond acceptors (Lipinski definition) is 7. The molecule has 150 valence electrons. The summed E-state index contributed by atoms with van der Waals surface area (Å²) in [6.07, 6.45) is 0.499. The van der Waals surface area contributed by atoms with E-state index in [0.29, 0.717) is 18.4 Å². The summed E-state index contributed by atoms with van der Waals surface area (Å²) < 4.78 is 17.0. The summed E-state index contributed by atoms with van der Waals surface area (Å²) in [5.41, 5.74) is 0.161. The molecule has 3 aliphatic rings. The van der Waals surface area contributed by atoms with Crippen LogP contribution in [0.1, 0.15) is 40.0 Å². The van der Waals surface area contributed by atoms with Crippen molar-refractivity contribution in [1.29, 1.82) is 0 Å². The van der Waals surface area contributed by atoms with Crippen LogP contribution < -0.4 is 0 Å². The lowest BCUT2D eigenvalue weighted by molar-refractivity contribution is -0.150. The Labute approximate surface area is 159 Å². The van der Waals surface area contributed by atoms with Crippen LogP contribution in [0.2, 0.25) is 0 Å². The van der Waals surface area contributed by atoms with Crippen LogP contribution in [0.15, 0.2) is 23.8 Å². The third-order valence-corrected chi connectivity index (χ3v) is 6.15. The second-order valence-electron chi connectivity index (χ2n) is 8.01. The zero-order valence-corrected chi connectivity index (χ0v) is 16.0. The molecule has 0 aromatic heterocycles. The van der Waals surface area contributed by atoms with E-state index in [2.05, 4.69) is 6.58 Å². The first-order chi connectivity index (χ1) is 12.7. The van der Waals surface area contributed by atoms with Crippen molar-refractivity contribution >= 4 is 11.9 Å². The van der Waals surface area contributed by atoms with Crippen LogP contribution in [0.25, 0.3) is 0 Å². The minimum atomic E-state index is -0.764. The number of carbonyl (C=O) groups excluding carboxylic acids is 2. The van der Waals surface area contributed by atoms with Gasteiger partial charge >= 0.3 is 11.9 Å². The quantitative estimate of drug-likeness (QED) is 0.431. The van der Waals surface area contributed by atoms with Crippen molar-refractivity contribution in [1.82, 2.24) is 0 Å². The number of allylic oxidation sites excluding steroid dienone is 1. The Hall–Kier alpha value is -1.70. The Bertz CT molecular complexity index is 669. The van der Waals surface area contributed by atoms with Crippen molar-refractivity contribution in [2.24, 2.45) is 11.8 Å². The summed E-state index contributed by atoms with van der Waals surface area (Å²) in [5, 5.41) is 20.2. The highest BCUT2D eigenvalue weighted by atomic mass is 16.6. The summed E-state index contributed by atoms with van der Waals surface area (Å²) >= 11 is 0. The lowest BCUT2D eigenvalue weighted by Crippen LogP contribution is -2.41. The molecule has 1 saturated carbocycles. The first-order valence-electron chi connectivity index (χ1n) is 9.40. The van der Waals surface area contributed by atoms with Gasteiger partial charge in [-0.1, -0.05) is 12.7 Å². The normalized spacial score (nSPS) is 42.0. The highest BCUT2D eigenvalue weighted by Crippen LogP contribution is 2.48. The molecule has 27 heavy (non-hydrogen) atoms. The molecule has 0 amide bonds. The number of aliphatic hydroxyl groups is 2. The summed E-state index contributed by atoms with van der Waals surface area (Å²) in [6.45, 7) is 8.94. The highest BCUT2D eigenvalue weighted by Gasteiger charge is 2.58. The largest absolute Gasteiger partial charge is 0.458 e. The topological polar surface area (TPSA) is 106 Å². The summed E-state index contributed by atoms with van der Waals surface area (Å²) in [5.74, 6) is -1.98.